The Morgan fingerprint density at radius 3 is 2.26 bits per heavy atom. The van der Waals surface area contributed by atoms with Crippen molar-refractivity contribution in [2.45, 2.75) is 131 Å². The van der Waals surface area contributed by atoms with Gasteiger partial charge in [0.15, 0.2) is 0 Å². The first-order valence-electron chi connectivity index (χ1n) is 14.0. The Morgan fingerprint density at radius 2 is 1.65 bits per heavy atom. The van der Waals surface area contributed by atoms with Crippen LogP contribution in [0.4, 0.5) is 0 Å². The van der Waals surface area contributed by atoms with Crippen LogP contribution in [0, 0.1) is 45.3 Å². The molecule has 0 radical (unpaired) electrons. The van der Waals surface area contributed by atoms with Crippen molar-refractivity contribution in [1.82, 2.24) is 0 Å². The van der Waals surface area contributed by atoms with E-state index in [4.69, 9.17) is 0 Å². The van der Waals surface area contributed by atoms with E-state index in [1.807, 2.05) is 0 Å². The highest BCUT2D eigenvalue weighted by Crippen LogP contribution is 2.73. The zero-order valence-corrected chi connectivity index (χ0v) is 23.1. The maximum Gasteiger partial charge on any atom is 0.108 e. The Kier molecular flexibility index (Phi) is 6.50. The van der Waals surface area contributed by atoms with E-state index in [9.17, 15) is 20.4 Å². The molecule has 4 aliphatic rings. The summed E-state index contributed by atoms with van der Waals surface area (Å²) in [5.41, 5.74) is 0.962. The van der Waals surface area contributed by atoms with E-state index in [1.165, 1.54) is 19.3 Å². The molecule has 4 nitrogen and oxygen atoms in total. The predicted octanol–water partition coefficient (Wildman–Crippen LogP) is 5.47. The van der Waals surface area contributed by atoms with E-state index in [0.29, 0.717) is 24.2 Å². The molecular formula is C30H52O4. The number of aliphatic hydroxyl groups is 4. The lowest BCUT2D eigenvalue weighted by molar-refractivity contribution is -0.133. The van der Waals surface area contributed by atoms with Crippen molar-refractivity contribution in [2.75, 3.05) is 0 Å². The minimum Gasteiger partial charge on any atom is -0.393 e. The van der Waals surface area contributed by atoms with Crippen LogP contribution >= 0.6 is 0 Å². The summed E-state index contributed by atoms with van der Waals surface area (Å²) in [4.78, 5) is 0. The van der Waals surface area contributed by atoms with Crippen LogP contribution in [0.1, 0.15) is 107 Å². The number of rotatable bonds is 5. The first-order valence-corrected chi connectivity index (χ1v) is 14.0. The van der Waals surface area contributed by atoms with Gasteiger partial charge in [0.2, 0.25) is 0 Å². The Labute approximate surface area is 208 Å². The van der Waals surface area contributed by atoms with Gasteiger partial charge in [-0.05, 0) is 111 Å². The molecular weight excluding hydrogens is 424 g/mol. The maximum absolute atomic E-state index is 10.8. The van der Waals surface area contributed by atoms with Crippen LogP contribution < -0.4 is 0 Å². The van der Waals surface area contributed by atoms with Gasteiger partial charge >= 0.3 is 0 Å². The SMILES string of the molecule is C[C@@H](C[C@H](O)[C@@H](O)C(C)(C)O)[C@@H]1CC[C@]2(C)C3=CC[C@H]4C(C)(C)[C@H](O)CC[C@]4(C)[C@@H]3CC[C@@]12C. The molecule has 0 spiro atoms. The quantitative estimate of drug-likeness (QED) is 0.397. The first kappa shape index (κ1) is 26.6. The smallest absolute Gasteiger partial charge is 0.108 e. The van der Waals surface area contributed by atoms with Gasteiger partial charge < -0.3 is 20.4 Å². The van der Waals surface area contributed by atoms with Crippen LogP contribution in [0.3, 0.4) is 0 Å². The van der Waals surface area contributed by atoms with Crippen molar-refractivity contribution in [3.05, 3.63) is 11.6 Å². The molecule has 4 aliphatic carbocycles. The summed E-state index contributed by atoms with van der Waals surface area (Å²) in [6, 6.07) is 0. The molecule has 0 saturated heterocycles. The normalized spacial score (nSPS) is 46.5. The molecule has 0 heterocycles. The Morgan fingerprint density at radius 1 is 1.00 bits per heavy atom. The summed E-state index contributed by atoms with van der Waals surface area (Å²) in [6.07, 6.45) is 8.76. The summed E-state index contributed by atoms with van der Waals surface area (Å²) in [5.74, 6) is 1.91. The second-order valence-corrected chi connectivity index (χ2v) is 14.7. The van der Waals surface area contributed by atoms with Gasteiger partial charge in [-0.1, -0.05) is 53.2 Å². The molecule has 0 amide bonds. The summed E-state index contributed by atoms with van der Waals surface area (Å²) in [5, 5.41) is 42.1. The van der Waals surface area contributed by atoms with Crippen LogP contribution in [-0.2, 0) is 0 Å². The molecule has 0 aromatic rings. The lowest BCUT2D eigenvalue weighted by Crippen LogP contribution is -2.58. The molecule has 0 aliphatic heterocycles. The number of hydrogen-bond acceptors (Lipinski definition) is 4. The summed E-state index contributed by atoms with van der Waals surface area (Å²) >= 11 is 0. The highest BCUT2D eigenvalue weighted by molar-refractivity contribution is 5.33. The van der Waals surface area contributed by atoms with E-state index >= 15 is 0 Å². The predicted molar refractivity (Wildman–Crippen MR) is 137 cm³/mol. The second kappa shape index (κ2) is 8.30. The molecule has 3 saturated carbocycles. The Hall–Kier alpha value is -0.420. The number of allylic oxidation sites excluding steroid dienone is 2. The fourth-order valence-corrected chi connectivity index (χ4v) is 9.80. The molecule has 0 aromatic heterocycles. The summed E-state index contributed by atoms with van der Waals surface area (Å²) in [7, 11) is 0. The average molecular weight is 477 g/mol. The zero-order valence-electron chi connectivity index (χ0n) is 23.1. The molecule has 4 N–H and O–H groups in total. The number of hydrogen-bond donors (Lipinski definition) is 4. The van der Waals surface area contributed by atoms with E-state index in [0.717, 1.165) is 25.7 Å². The molecule has 4 rings (SSSR count). The minimum absolute atomic E-state index is 0.0408. The molecule has 0 unspecified atom stereocenters. The second-order valence-electron chi connectivity index (χ2n) is 14.7. The van der Waals surface area contributed by atoms with Gasteiger partial charge in [0.05, 0.1) is 17.8 Å². The topological polar surface area (TPSA) is 80.9 Å². The highest BCUT2D eigenvalue weighted by atomic mass is 16.4. The van der Waals surface area contributed by atoms with Gasteiger partial charge in [0.1, 0.15) is 6.10 Å². The van der Waals surface area contributed by atoms with Crippen LogP contribution in [0.2, 0.25) is 0 Å². The van der Waals surface area contributed by atoms with E-state index in [-0.39, 0.29) is 33.7 Å². The first-order chi connectivity index (χ1) is 15.5. The molecule has 0 bridgehead atoms. The van der Waals surface area contributed by atoms with Crippen LogP contribution in [0.5, 0.6) is 0 Å². The number of fused-ring (bicyclic) bond motifs is 5. The van der Waals surface area contributed by atoms with Crippen molar-refractivity contribution in [3.8, 4) is 0 Å². The molecule has 196 valence electrons. The van der Waals surface area contributed by atoms with E-state index in [2.05, 4.69) is 47.6 Å². The van der Waals surface area contributed by atoms with Crippen molar-refractivity contribution >= 4 is 0 Å². The fourth-order valence-electron chi connectivity index (χ4n) is 9.80. The zero-order chi connectivity index (χ0) is 25.5. The molecule has 34 heavy (non-hydrogen) atoms. The standard InChI is InChI=1S/C30H52O4/c1-18(17-22(31)25(33)27(4,5)34)19-11-15-30(8)21-9-10-23-26(2,3)24(32)13-14-28(23,6)20(21)12-16-29(19,30)7/h9,18-20,22-25,31-34H,10-17H2,1-8H3/t18-,19-,20+,22-,23-,24+,25+,28+,29-,30+/m0/s1. The van der Waals surface area contributed by atoms with Crippen molar-refractivity contribution in [1.29, 1.82) is 0 Å². The van der Waals surface area contributed by atoms with Gasteiger partial charge in [-0.3, -0.25) is 0 Å². The van der Waals surface area contributed by atoms with Gasteiger partial charge in [-0.2, -0.15) is 0 Å². The van der Waals surface area contributed by atoms with Gasteiger partial charge in [0.25, 0.3) is 0 Å². The maximum atomic E-state index is 10.8. The summed E-state index contributed by atoms with van der Waals surface area (Å²) < 4.78 is 0. The monoisotopic (exact) mass is 476 g/mol. The Balaban J connectivity index is 1.60. The Bertz CT molecular complexity index is 811. The fraction of sp³-hybridized carbons (Fsp3) is 0.933. The van der Waals surface area contributed by atoms with Crippen LogP contribution in [-0.4, -0.2) is 44.3 Å². The minimum atomic E-state index is -1.30. The number of aliphatic hydroxyl groups excluding tert-OH is 3. The van der Waals surface area contributed by atoms with Crippen molar-refractivity contribution in [3.63, 3.8) is 0 Å². The van der Waals surface area contributed by atoms with Gasteiger partial charge in [-0.25, -0.2) is 0 Å². The summed E-state index contributed by atoms with van der Waals surface area (Å²) in [6.45, 7) is 17.5. The van der Waals surface area contributed by atoms with Crippen LogP contribution in [0.15, 0.2) is 11.6 Å². The molecule has 4 heteroatoms. The third-order valence-corrected chi connectivity index (χ3v) is 12.3. The average Bonchev–Trinajstić information content (AvgIpc) is 3.01. The van der Waals surface area contributed by atoms with E-state index < -0.39 is 17.8 Å². The lowest BCUT2D eigenvalue weighted by Gasteiger charge is -2.64. The third-order valence-electron chi connectivity index (χ3n) is 12.3. The molecule has 3 fully saturated rings. The highest BCUT2D eigenvalue weighted by Gasteiger charge is 2.65. The van der Waals surface area contributed by atoms with E-state index in [1.54, 1.807) is 19.4 Å². The van der Waals surface area contributed by atoms with Crippen molar-refractivity contribution < 1.29 is 20.4 Å². The van der Waals surface area contributed by atoms with Crippen LogP contribution in [0.25, 0.3) is 0 Å². The molecule has 10 atom stereocenters. The largest absolute Gasteiger partial charge is 0.393 e. The third kappa shape index (κ3) is 3.68. The van der Waals surface area contributed by atoms with Gasteiger partial charge in [-0.15, -0.1) is 0 Å². The lowest BCUT2D eigenvalue weighted by atomic mass is 9.41. The molecule has 0 aromatic carbocycles. The van der Waals surface area contributed by atoms with Crippen molar-refractivity contribution in [2.24, 2.45) is 45.3 Å². The van der Waals surface area contributed by atoms with Gasteiger partial charge in [0, 0.05) is 0 Å².